The van der Waals surface area contributed by atoms with Gasteiger partial charge < -0.3 is 10.6 Å². The van der Waals surface area contributed by atoms with Gasteiger partial charge in [0.25, 0.3) is 5.91 Å². The number of carbonyl (C=O) groups is 2. The number of benzene rings is 1. The summed E-state index contributed by atoms with van der Waals surface area (Å²) in [6, 6.07) is 11.2. The van der Waals surface area contributed by atoms with Crippen LogP contribution in [0.25, 0.3) is 5.69 Å². The summed E-state index contributed by atoms with van der Waals surface area (Å²) in [5, 5.41) is 4.29. The van der Waals surface area contributed by atoms with Crippen LogP contribution in [-0.4, -0.2) is 39.6 Å². The molecule has 0 fully saturated rings. The molecule has 0 aliphatic carbocycles. The van der Waals surface area contributed by atoms with E-state index in [1.807, 2.05) is 37.3 Å². The van der Waals surface area contributed by atoms with E-state index >= 15 is 0 Å². The van der Waals surface area contributed by atoms with Crippen LogP contribution < -0.4 is 5.73 Å². The van der Waals surface area contributed by atoms with Gasteiger partial charge in [-0.2, -0.15) is 5.10 Å². The molecule has 0 radical (unpaired) electrons. The van der Waals surface area contributed by atoms with Crippen LogP contribution in [0.2, 0.25) is 0 Å². The number of aromatic nitrogens is 2. The summed E-state index contributed by atoms with van der Waals surface area (Å²) in [6.07, 6.45) is 3.48. The smallest absolute Gasteiger partial charge is 0.274 e. The van der Waals surface area contributed by atoms with Gasteiger partial charge in [0.2, 0.25) is 5.91 Å². The second-order valence-electron chi connectivity index (χ2n) is 5.03. The average molecular weight is 300 g/mol. The lowest BCUT2D eigenvalue weighted by Gasteiger charge is -2.19. The molecule has 0 atom stereocenters. The first-order valence-corrected chi connectivity index (χ1v) is 7.30. The van der Waals surface area contributed by atoms with Crippen LogP contribution in [0.3, 0.4) is 0 Å². The van der Waals surface area contributed by atoms with E-state index in [0.29, 0.717) is 12.2 Å². The van der Waals surface area contributed by atoms with Crippen LogP contribution in [0.15, 0.2) is 42.6 Å². The van der Waals surface area contributed by atoms with E-state index in [4.69, 9.17) is 5.73 Å². The molecule has 1 aromatic carbocycles. The Balaban J connectivity index is 2.16. The van der Waals surface area contributed by atoms with Gasteiger partial charge in [-0.05, 0) is 24.6 Å². The molecule has 0 spiro atoms. The maximum absolute atomic E-state index is 12.5. The van der Waals surface area contributed by atoms with Gasteiger partial charge in [0, 0.05) is 12.7 Å². The molecule has 1 aromatic heterocycles. The zero-order valence-electron chi connectivity index (χ0n) is 12.6. The molecule has 6 nitrogen and oxygen atoms in total. The van der Waals surface area contributed by atoms with Crippen molar-refractivity contribution in [2.45, 2.75) is 19.8 Å². The largest absolute Gasteiger partial charge is 0.368 e. The minimum atomic E-state index is -0.521. The number of hydrogen-bond acceptors (Lipinski definition) is 3. The molecule has 0 saturated carbocycles. The lowest BCUT2D eigenvalue weighted by atomic mass is 10.3. The summed E-state index contributed by atoms with van der Waals surface area (Å²) in [5.74, 6) is -0.797. The molecule has 2 amide bonds. The SMILES string of the molecule is CCCCN(CC(N)=O)C(=O)c1ccn(-c2ccccc2)n1. The van der Waals surface area contributed by atoms with Gasteiger partial charge in [0.05, 0.1) is 12.2 Å². The fourth-order valence-corrected chi connectivity index (χ4v) is 2.11. The third-order valence-corrected chi connectivity index (χ3v) is 3.24. The summed E-state index contributed by atoms with van der Waals surface area (Å²) in [5.41, 5.74) is 6.40. The highest BCUT2D eigenvalue weighted by Gasteiger charge is 2.19. The first kappa shape index (κ1) is 15.8. The first-order chi connectivity index (χ1) is 10.6. The lowest BCUT2D eigenvalue weighted by molar-refractivity contribution is -0.118. The Hall–Kier alpha value is -2.63. The van der Waals surface area contributed by atoms with Crippen molar-refractivity contribution in [1.29, 1.82) is 0 Å². The Kier molecular flexibility index (Phi) is 5.30. The van der Waals surface area contributed by atoms with E-state index < -0.39 is 5.91 Å². The monoisotopic (exact) mass is 300 g/mol. The van der Waals surface area contributed by atoms with Crippen LogP contribution in [0.4, 0.5) is 0 Å². The van der Waals surface area contributed by atoms with Gasteiger partial charge in [-0.3, -0.25) is 9.59 Å². The van der Waals surface area contributed by atoms with Crippen molar-refractivity contribution in [3.63, 3.8) is 0 Å². The number of nitrogens with zero attached hydrogens (tertiary/aromatic N) is 3. The number of hydrogen-bond donors (Lipinski definition) is 1. The second-order valence-corrected chi connectivity index (χ2v) is 5.03. The summed E-state index contributed by atoms with van der Waals surface area (Å²) >= 11 is 0. The van der Waals surface area contributed by atoms with Gasteiger partial charge in [0.15, 0.2) is 5.69 Å². The van der Waals surface area contributed by atoms with Crippen LogP contribution >= 0.6 is 0 Å². The van der Waals surface area contributed by atoms with Gasteiger partial charge in [0.1, 0.15) is 0 Å². The van der Waals surface area contributed by atoms with Crippen molar-refractivity contribution in [2.24, 2.45) is 5.73 Å². The van der Waals surface area contributed by atoms with Gasteiger partial charge in [-0.1, -0.05) is 31.5 Å². The van der Waals surface area contributed by atoms with E-state index in [0.717, 1.165) is 18.5 Å². The maximum Gasteiger partial charge on any atom is 0.274 e. The van der Waals surface area contributed by atoms with Crippen molar-refractivity contribution in [3.8, 4) is 5.69 Å². The van der Waals surface area contributed by atoms with Crippen LogP contribution in [0.1, 0.15) is 30.3 Å². The topological polar surface area (TPSA) is 81.2 Å². The molecule has 2 N–H and O–H groups in total. The minimum absolute atomic E-state index is 0.0863. The molecule has 22 heavy (non-hydrogen) atoms. The zero-order valence-corrected chi connectivity index (χ0v) is 12.6. The van der Waals surface area contributed by atoms with Crippen molar-refractivity contribution >= 4 is 11.8 Å². The third kappa shape index (κ3) is 3.94. The normalized spacial score (nSPS) is 10.4. The van der Waals surface area contributed by atoms with Crippen LogP contribution in [-0.2, 0) is 4.79 Å². The Morgan fingerprint density at radius 2 is 1.95 bits per heavy atom. The molecule has 6 heteroatoms. The molecule has 0 aliphatic rings. The zero-order chi connectivity index (χ0) is 15.9. The van der Waals surface area contributed by atoms with Crippen molar-refractivity contribution < 1.29 is 9.59 Å². The third-order valence-electron chi connectivity index (χ3n) is 3.24. The molecule has 1 heterocycles. The molecule has 116 valence electrons. The number of para-hydroxylation sites is 1. The molecule has 0 bridgehead atoms. The predicted molar refractivity (Wildman–Crippen MR) is 83.6 cm³/mol. The Morgan fingerprint density at radius 1 is 1.23 bits per heavy atom. The fraction of sp³-hybridized carbons (Fsp3) is 0.312. The average Bonchev–Trinajstić information content (AvgIpc) is 3.01. The lowest BCUT2D eigenvalue weighted by Crippen LogP contribution is -2.39. The van der Waals surface area contributed by atoms with Gasteiger partial charge in [-0.25, -0.2) is 4.68 Å². The van der Waals surface area contributed by atoms with E-state index in [9.17, 15) is 9.59 Å². The van der Waals surface area contributed by atoms with E-state index in [-0.39, 0.29) is 12.5 Å². The summed E-state index contributed by atoms with van der Waals surface area (Å²) in [7, 11) is 0. The number of nitrogens with two attached hydrogens (primary N) is 1. The summed E-state index contributed by atoms with van der Waals surface area (Å²) < 4.78 is 1.63. The Labute approximate surface area is 129 Å². The quantitative estimate of drug-likeness (QED) is 0.843. The minimum Gasteiger partial charge on any atom is -0.368 e. The Morgan fingerprint density at radius 3 is 2.59 bits per heavy atom. The van der Waals surface area contributed by atoms with Crippen molar-refractivity contribution in [1.82, 2.24) is 14.7 Å². The van der Waals surface area contributed by atoms with Gasteiger partial charge >= 0.3 is 0 Å². The highest BCUT2D eigenvalue weighted by atomic mass is 16.2. The molecule has 0 unspecified atom stereocenters. The number of primary amides is 1. The number of unbranched alkanes of at least 4 members (excludes halogenated alkanes) is 1. The highest BCUT2D eigenvalue weighted by molar-refractivity contribution is 5.94. The van der Waals surface area contributed by atoms with Gasteiger partial charge in [-0.15, -0.1) is 0 Å². The van der Waals surface area contributed by atoms with E-state index in [2.05, 4.69) is 5.10 Å². The molecule has 0 saturated heterocycles. The first-order valence-electron chi connectivity index (χ1n) is 7.30. The molecule has 0 aliphatic heterocycles. The number of rotatable bonds is 7. The van der Waals surface area contributed by atoms with Crippen LogP contribution in [0.5, 0.6) is 0 Å². The van der Waals surface area contributed by atoms with Crippen molar-refractivity contribution in [3.05, 3.63) is 48.3 Å². The van der Waals surface area contributed by atoms with E-state index in [1.54, 1.807) is 16.9 Å². The molecular weight excluding hydrogens is 280 g/mol. The second kappa shape index (κ2) is 7.40. The molecule has 2 aromatic rings. The summed E-state index contributed by atoms with van der Waals surface area (Å²) in [4.78, 5) is 25.1. The molecular formula is C16H20N4O2. The number of carbonyl (C=O) groups excluding carboxylic acids is 2. The fourth-order valence-electron chi connectivity index (χ4n) is 2.11. The maximum atomic E-state index is 12.5. The molecule has 2 rings (SSSR count). The predicted octanol–water partition coefficient (Wildman–Crippen LogP) is 1.60. The number of amides is 2. The van der Waals surface area contributed by atoms with Crippen LogP contribution in [0, 0.1) is 0 Å². The highest BCUT2D eigenvalue weighted by Crippen LogP contribution is 2.09. The van der Waals surface area contributed by atoms with Crippen molar-refractivity contribution in [2.75, 3.05) is 13.1 Å². The van der Waals surface area contributed by atoms with E-state index in [1.165, 1.54) is 4.90 Å². The summed E-state index contributed by atoms with van der Waals surface area (Å²) in [6.45, 7) is 2.44. The Bertz CT molecular complexity index is 637. The standard InChI is InChI=1S/C16H20N4O2/c1-2-3-10-19(12-15(17)21)16(22)14-9-11-20(18-14)13-7-5-4-6-8-13/h4-9,11H,2-3,10,12H2,1H3,(H2,17,21).